The molecule has 4 bridgehead atoms. The van der Waals surface area contributed by atoms with Gasteiger partial charge < -0.3 is 10.4 Å². The van der Waals surface area contributed by atoms with Crippen LogP contribution in [0.5, 0.6) is 0 Å². The van der Waals surface area contributed by atoms with Gasteiger partial charge in [-0.3, -0.25) is 4.79 Å². The molecule has 4 aliphatic rings. The fourth-order valence-electron chi connectivity index (χ4n) is 4.83. The zero-order valence-electron chi connectivity index (χ0n) is 10.5. The Balaban J connectivity index is 1.79. The molecule has 0 unspecified atom stereocenters. The molecule has 96 valence electrons. The lowest BCUT2D eigenvalue weighted by molar-refractivity contribution is -0.138. The topological polar surface area (TPSA) is 49.3 Å². The molecule has 17 heavy (non-hydrogen) atoms. The summed E-state index contributed by atoms with van der Waals surface area (Å²) >= 11 is 0. The fourth-order valence-corrected chi connectivity index (χ4v) is 4.83. The summed E-state index contributed by atoms with van der Waals surface area (Å²) < 4.78 is 0. The molecule has 4 saturated carbocycles. The molecule has 4 rings (SSSR count). The van der Waals surface area contributed by atoms with E-state index in [-0.39, 0.29) is 17.9 Å². The smallest absolute Gasteiger partial charge is 0.226 e. The maximum atomic E-state index is 12.4. The van der Waals surface area contributed by atoms with Crippen molar-refractivity contribution in [1.82, 2.24) is 5.32 Å². The minimum atomic E-state index is -0.0673. The Bertz CT molecular complexity index is 299. The highest BCUT2D eigenvalue weighted by Gasteiger charge is 2.52. The number of carbonyl (C=O) groups excluding carboxylic acids is 1. The molecule has 0 radical (unpaired) electrons. The van der Waals surface area contributed by atoms with Crippen LogP contribution in [0.4, 0.5) is 0 Å². The third kappa shape index (κ3) is 1.99. The van der Waals surface area contributed by atoms with E-state index in [4.69, 9.17) is 5.11 Å². The van der Waals surface area contributed by atoms with Crippen LogP contribution in [0, 0.1) is 23.2 Å². The molecular formula is C14H23NO2. The SMILES string of the molecule is O=C(NCCO)C12CC3C[C@@H](CC[C@H](C3)C1)C2. The van der Waals surface area contributed by atoms with Crippen LogP contribution in [0.2, 0.25) is 0 Å². The number of aliphatic hydroxyl groups is 1. The molecule has 0 aliphatic heterocycles. The van der Waals surface area contributed by atoms with Crippen LogP contribution in [-0.4, -0.2) is 24.2 Å². The Morgan fingerprint density at radius 3 is 2.29 bits per heavy atom. The van der Waals surface area contributed by atoms with E-state index in [2.05, 4.69) is 5.32 Å². The number of hydrogen-bond acceptors (Lipinski definition) is 2. The van der Waals surface area contributed by atoms with Gasteiger partial charge in [-0.2, -0.15) is 0 Å². The van der Waals surface area contributed by atoms with Gasteiger partial charge in [0.2, 0.25) is 5.91 Å². The van der Waals surface area contributed by atoms with Crippen molar-refractivity contribution >= 4 is 5.91 Å². The van der Waals surface area contributed by atoms with Crippen molar-refractivity contribution in [3.63, 3.8) is 0 Å². The molecule has 1 amide bonds. The molecular weight excluding hydrogens is 214 g/mol. The highest BCUT2D eigenvalue weighted by atomic mass is 16.3. The second kappa shape index (κ2) is 4.27. The molecule has 0 heterocycles. The van der Waals surface area contributed by atoms with Gasteiger partial charge in [0.15, 0.2) is 0 Å². The first kappa shape index (κ1) is 11.5. The van der Waals surface area contributed by atoms with Gasteiger partial charge in [0.05, 0.1) is 6.61 Å². The first-order valence-corrected chi connectivity index (χ1v) is 7.11. The lowest BCUT2D eigenvalue weighted by Gasteiger charge is -2.47. The first-order valence-electron chi connectivity index (χ1n) is 7.11. The van der Waals surface area contributed by atoms with E-state index >= 15 is 0 Å². The van der Waals surface area contributed by atoms with Crippen molar-refractivity contribution in [3.05, 3.63) is 0 Å². The summed E-state index contributed by atoms with van der Waals surface area (Å²) in [5.41, 5.74) is -0.0673. The summed E-state index contributed by atoms with van der Waals surface area (Å²) in [4.78, 5) is 12.4. The zero-order valence-corrected chi connectivity index (χ0v) is 10.5. The number of hydrogen-bond donors (Lipinski definition) is 2. The zero-order chi connectivity index (χ0) is 11.9. The second-order valence-electron chi connectivity index (χ2n) is 6.52. The molecule has 0 saturated heterocycles. The van der Waals surface area contributed by atoms with E-state index in [1.54, 1.807) is 0 Å². The fraction of sp³-hybridized carbons (Fsp3) is 0.929. The van der Waals surface area contributed by atoms with E-state index in [9.17, 15) is 4.79 Å². The standard InChI is InChI=1S/C14H23NO2/c16-4-3-15-13(17)14-7-10-1-2-11(8-14)6-12(5-10)9-14/h10-12,16H,1-9H2,(H,15,17)/t10-,11-,12?,14?/m1/s1. The maximum absolute atomic E-state index is 12.4. The van der Waals surface area contributed by atoms with Crippen molar-refractivity contribution < 1.29 is 9.90 Å². The predicted molar refractivity (Wildman–Crippen MR) is 65.3 cm³/mol. The van der Waals surface area contributed by atoms with Crippen molar-refractivity contribution in [2.45, 2.75) is 44.9 Å². The molecule has 4 fully saturated rings. The molecule has 0 aromatic rings. The maximum Gasteiger partial charge on any atom is 0.226 e. The molecule has 0 spiro atoms. The summed E-state index contributed by atoms with van der Waals surface area (Å²) in [6.07, 6.45) is 8.75. The molecule has 2 atom stereocenters. The summed E-state index contributed by atoms with van der Waals surface area (Å²) in [5, 5.41) is 11.8. The molecule has 3 nitrogen and oxygen atoms in total. The third-order valence-corrected chi connectivity index (χ3v) is 5.23. The average molecular weight is 237 g/mol. The summed E-state index contributed by atoms with van der Waals surface area (Å²) in [6.45, 7) is 0.471. The Kier molecular flexibility index (Phi) is 2.89. The van der Waals surface area contributed by atoms with Crippen molar-refractivity contribution in [2.24, 2.45) is 23.2 Å². The van der Waals surface area contributed by atoms with Gasteiger partial charge in [0.25, 0.3) is 0 Å². The van der Waals surface area contributed by atoms with Crippen molar-refractivity contribution in [3.8, 4) is 0 Å². The van der Waals surface area contributed by atoms with Crippen LogP contribution in [0.3, 0.4) is 0 Å². The van der Waals surface area contributed by atoms with E-state index in [1.807, 2.05) is 0 Å². The Morgan fingerprint density at radius 2 is 1.71 bits per heavy atom. The highest BCUT2D eigenvalue weighted by molar-refractivity contribution is 5.83. The van der Waals surface area contributed by atoms with Crippen LogP contribution < -0.4 is 5.32 Å². The first-order chi connectivity index (χ1) is 8.22. The molecule has 0 aromatic heterocycles. The number of amides is 1. The van der Waals surface area contributed by atoms with E-state index < -0.39 is 0 Å². The Morgan fingerprint density at radius 1 is 1.12 bits per heavy atom. The molecule has 3 heteroatoms. The summed E-state index contributed by atoms with van der Waals surface area (Å²) in [6, 6.07) is 0. The Labute approximate surface area is 103 Å². The number of rotatable bonds is 3. The number of nitrogens with one attached hydrogen (secondary N) is 1. The second-order valence-corrected chi connectivity index (χ2v) is 6.52. The van der Waals surface area contributed by atoms with Crippen LogP contribution in [0.25, 0.3) is 0 Å². The van der Waals surface area contributed by atoms with Crippen LogP contribution in [0.15, 0.2) is 0 Å². The van der Waals surface area contributed by atoms with Crippen LogP contribution >= 0.6 is 0 Å². The molecule has 2 N–H and O–H groups in total. The van der Waals surface area contributed by atoms with Gasteiger partial charge >= 0.3 is 0 Å². The minimum Gasteiger partial charge on any atom is -0.395 e. The molecule has 4 aliphatic carbocycles. The number of fused-ring (bicyclic) bond motifs is 1. The number of carbonyl (C=O) groups is 1. The van der Waals surface area contributed by atoms with Crippen molar-refractivity contribution in [2.75, 3.05) is 13.2 Å². The van der Waals surface area contributed by atoms with E-state index in [0.717, 1.165) is 37.0 Å². The van der Waals surface area contributed by atoms with E-state index in [1.165, 1.54) is 25.7 Å². The molecule has 0 aromatic carbocycles. The number of aliphatic hydroxyl groups excluding tert-OH is 1. The monoisotopic (exact) mass is 237 g/mol. The minimum absolute atomic E-state index is 0.0537. The highest BCUT2D eigenvalue weighted by Crippen LogP contribution is 2.57. The van der Waals surface area contributed by atoms with Crippen LogP contribution in [-0.2, 0) is 4.79 Å². The van der Waals surface area contributed by atoms with Crippen LogP contribution in [0.1, 0.15) is 44.9 Å². The van der Waals surface area contributed by atoms with Gasteiger partial charge in [0, 0.05) is 12.0 Å². The summed E-state index contributed by atoms with van der Waals surface area (Å²) in [7, 11) is 0. The average Bonchev–Trinajstić information content (AvgIpc) is 2.53. The quantitative estimate of drug-likeness (QED) is 0.785. The summed E-state index contributed by atoms with van der Waals surface area (Å²) in [5.74, 6) is 2.62. The third-order valence-electron chi connectivity index (χ3n) is 5.23. The Hall–Kier alpha value is -0.570. The van der Waals surface area contributed by atoms with Gasteiger partial charge in [-0.15, -0.1) is 0 Å². The normalized spacial score (nSPS) is 43.5. The van der Waals surface area contributed by atoms with Gasteiger partial charge in [-0.05, 0) is 49.9 Å². The van der Waals surface area contributed by atoms with E-state index in [0.29, 0.717) is 6.54 Å². The van der Waals surface area contributed by atoms with Gasteiger partial charge in [-0.25, -0.2) is 0 Å². The lowest BCUT2D eigenvalue weighted by Crippen LogP contribution is -2.49. The van der Waals surface area contributed by atoms with Crippen molar-refractivity contribution in [1.29, 1.82) is 0 Å². The predicted octanol–water partition coefficient (Wildman–Crippen LogP) is 1.70. The van der Waals surface area contributed by atoms with Gasteiger partial charge in [0.1, 0.15) is 0 Å². The van der Waals surface area contributed by atoms with Gasteiger partial charge in [-0.1, -0.05) is 12.8 Å². The lowest BCUT2D eigenvalue weighted by atomic mass is 9.58. The largest absolute Gasteiger partial charge is 0.395 e.